The first-order valence-electron chi connectivity index (χ1n) is 10.4. The fourth-order valence-electron chi connectivity index (χ4n) is 3.04. The number of carbonyl (C=O) groups is 1. The lowest BCUT2D eigenvalue weighted by molar-refractivity contribution is -0.118. The number of nitrogens with one attached hydrogen (secondary N) is 1. The Bertz CT molecular complexity index is 1180. The lowest BCUT2D eigenvalue weighted by atomic mass is 10.3. The second-order valence-corrected chi connectivity index (χ2v) is 9.30. The van der Waals surface area contributed by atoms with Crippen molar-refractivity contribution >= 4 is 33.2 Å². The smallest absolute Gasteiger partial charge is 0.262 e. The Morgan fingerprint density at radius 2 is 1.58 bits per heavy atom. The quantitative estimate of drug-likeness (QED) is 0.425. The fraction of sp³-hybridized carbons (Fsp3) is 0.208. The molecule has 3 aromatic rings. The van der Waals surface area contributed by atoms with Crippen molar-refractivity contribution in [1.29, 1.82) is 0 Å². The van der Waals surface area contributed by atoms with E-state index in [1.807, 2.05) is 30.3 Å². The minimum absolute atomic E-state index is 0.0748. The molecular weight excluding hydrogens is 464 g/mol. The van der Waals surface area contributed by atoms with Crippen LogP contribution in [0.5, 0.6) is 17.2 Å². The summed E-state index contributed by atoms with van der Waals surface area (Å²) in [4.78, 5) is 12.3. The molecule has 0 bridgehead atoms. The van der Waals surface area contributed by atoms with Gasteiger partial charge in [0, 0.05) is 18.8 Å². The molecule has 33 heavy (non-hydrogen) atoms. The normalized spacial score (nSPS) is 11.3. The zero-order valence-electron chi connectivity index (χ0n) is 18.3. The van der Waals surface area contributed by atoms with Crippen molar-refractivity contribution in [3.05, 3.63) is 77.8 Å². The van der Waals surface area contributed by atoms with E-state index in [4.69, 9.17) is 21.1 Å². The van der Waals surface area contributed by atoms with Gasteiger partial charge in [-0.05, 0) is 54.6 Å². The van der Waals surface area contributed by atoms with E-state index < -0.39 is 10.0 Å². The van der Waals surface area contributed by atoms with Crippen LogP contribution in [0.2, 0.25) is 5.02 Å². The van der Waals surface area contributed by atoms with Crippen LogP contribution in [0, 0.1) is 0 Å². The van der Waals surface area contributed by atoms with E-state index in [9.17, 15) is 13.2 Å². The van der Waals surface area contributed by atoms with E-state index in [2.05, 4.69) is 5.32 Å². The van der Waals surface area contributed by atoms with Crippen LogP contribution in [0.1, 0.15) is 13.8 Å². The maximum atomic E-state index is 12.6. The second-order valence-electron chi connectivity index (χ2n) is 6.96. The maximum absolute atomic E-state index is 12.6. The average Bonchev–Trinajstić information content (AvgIpc) is 2.81. The number of amides is 1. The highest BCUT2D eigenvalue weighted by atomic mass is 35.5. The molecule has 7 nitrogen and oxygen atoms in total. The number of para-hydroxylation sites is 1. The highest BCUT2D eigenvalue weighted by molar-refractivity contribution is 7.89. The summed E-state index contributed by atoms with van der Waals surface area (Å²) in [6.07, 6.45) is 0. The highest BCUT2D eigenvalue weighted by Crippen LogP contribution is 2.29. The summed E-state index contributed by atoms with van der Waals surface area (Å²) in [6.45, 7) is 3.96. The first-order chi connectivity index (χ1) is 15.8. The van der Waals surface area contributed by atoms with Crippen LogP contribution < -0.4 is 14.8 Å². The predicted molar refractivity (Wildman–Crippen MR) is 129 cm³/mol. The van der Waals surface area contributed by atoms with E-state index in [-0.39, 0.29) is 28.2 Å². The molecule has 0 heterocycles. The molecule has 0 saturated heterocycles. The topological polar surface area (TPSA) is 84.9 Å². The Morgan fingerprint density at radius 3 is 2.18 bits per heavy atom. The Hall–Kier alpha value is -3.07. The number of ether oxygens (including phenoxy) is 2. The second kappa shape index (κ2) is 11.2. The van der Waals surface area contributed by atoms with E-state index in [1.54, 1.807) is 38.1 Å². The van der Waals surface area contributed by atoms with Crippen LogP contribution in [0.3, 0.4) is 0 Å². The Balaban J connectivity index is 1.56. The van der Waals surface area contributed by atoms with Gasteiger partial charge in [0.05, 0.1) is 9.92 Å². The molecule has 1 amide bonds. The van der Waals surface area contributed by atoms with Crippen LogP contribution in [0.25, 0.3) is 0 Å². The molecule has 0 aliphatic heterocycles. The van der Waals surface area contributed by atoms with Crippen molar-refractivity contribution in [3.63, 3.8) is 0 Å². The SMILES string of the molecule is CCN(CC)S(=O)(=O)c1ccc(OCC(=O)Nc2ccc(Oc3ccccc3)cc2)c(Cl)c1. The molecular formula is C24H25ClN2O5S. The molecule has 0 fully saturated rings. The molecule has 1 N–H and O–H groups in total. The van der Waals surface area contributed by atoms with Crippen LogP contribution in [0.15, 0.2) is 77.7 Å². The number of hydrogen-bond acceptors (Lipinski definition) is 5. The van der Waals surface area contributed by atoms with Gasteiger partial charge < -0.3 is 14.8 Å². The molecule has 0 saturated carbocycles. The van der Waals surface area contributed by atoms with Crippen molar-refractivity contribution in [3.8, 4) is 17.2 Å². The average molecular weight is 489 g/mol. The molecule has 0 aliphatic carbocycles. The number of nitrogens with zero attached hydrogens (tertiary/aromatic N) is 1. The van der Waals surface area contributed by atoms with Gasteiger partial charge in [-0.3, -0.25) is 4.79 Å². The summed E-state index contributed by atoms with van der Waals surface area (Å²) < 4.78 is 37.7. The van der Waals surface area contributed by atoms with E-state index in [1.165, 1.54) is 22.5 Å². The van der Waals surface area contributed by atoms with Gasteiger partial charge in [0.1, 0.15) is 17.2 Å². The van der Waals surface area contributed by atoms with Gasteiger partial charge in [-0.15, -0.1) is 0 Å². The molecule has 9 heteroatoms. The molecule has 3 rings (SSSR count). The van der Waals surface area contributed by atoms with Gasteiger partial charge in [0.25, 0.3) is 5.91 Å². The first kappa shape index (κ1) is 24.6. The van der Waals surface area contributed by atoms with Crippen LogP contribution in [-0.4, -0.2) is 38.3 Å². The third kappa shape index (κ3) is 6.47. The van der Waals surface area contributed by atoms with Crippen molar-refractivity contribution in [1.82, 2.24) is 4.31 Å². The van der Waals surface area contributed by atoms with Crippen LogP contribution in [-0.2, 0) is 14.8 Å². The van der Waals surface area contributed by atoms with Crippen LogP contribution in [0.4, 0.5) is 5.69 Å². The number of rotatable bonds is 10. The Labute approximate surface area is 198 Å². The number of sulfonamides is 1. The zero-order valence-corrected chi connectivity index (χ0v) is 19.9. The predicted octanol–water partition coefficient (Wildman–Crippen LogP) is 5.18. The first-order valence-corrected chi connectivity index (χ1v) is 12.2. The molecule has 0 radical (unpaired) electrons. The Kier molecular flexibility index (Phi) is 8.32. The third-order valence-electron chi connectivity index (χ3n) is 4.72. The van der Waals surface area contributed by atoms with Crippen LogP contribution >= 0.6 is 11.6 Å². The standard InChI is InChI=1S/C24H25ClN2O5S/c1-3-27(4-2)33(29,30)21-14-15-23(22(25)16-21)31-17-24(28)26-18-10-12-20(13-11-18)32-19-8-6-5-7-9-19/h5-16H,3-4,17H2,1-2H3,(H,26,28). The van der Waals surface area contributed by atoms with E-state index >= 15 is 0 Å². The Morgan fingerprint density at radius 1 is 0.939 bits per heavy atom. The van der Waals surface area contributed by atoms with Gasteiger partial charge in [-0.1, -0.05) is 43.6 Å². The highest BCUT2D eigenvalue weighted by Gasteiger charge is 2.22. The molecule has 0 atom stereocenters. The lowest BCUT2D eigenvalue weighted by Crippen LogP contribution is -2.30. The fourth-order valence-corrected chi connectivity index (χ4v) is 4.83. The summed E-state index contributed by atoms with van der Waals surface area (Å²) in [5.74, 6) is 1.19. The number of hydrogen-bond donors (Lipinski definition) is 1. The number of halogens is 1. The summed E-state index contributed by atoms with van der Waals surface area (Å²) in [5, 5.41) is 2.83. The van der Waals surface area contributed by atoms with Gasteiger partial charge in [0.2, 0.25) is 10.0 Å². The number of benzene rings is 3. The largest absolute Gasteiger partial charge is 0.482 e. The van der Waals surface area contributed by atoms with Gasteiger partial charge in [-0.2, -0.15) is 4.31 Å². The van der Waals surface area contributed by atoms with Crippen molar-refractivity contribution in [2.45, 2.75) is 18.7 Å². The maximum Gasteiger partial charge on any atom is 0.262 e. The molecule has 0 aromatic heterocycles. The summed E-state index contributed by atoms with van der Waals surface area (Å²) in [5.41, 5.74) is 0.579. The minimum atomic E-state index is -3.63. The minimum Gasteiger partial charge on any atom is -0.482 e. The molecule has 0 unspecified atom stereocenters. The van der Waals surface area contributed by atoms with E-state index in [0.717, 1.165) is 5.75 Å². The van der Waals surface area contributed by atoms with Crippen molar-refractivity contribution in [2.24, 2.45) is 0 Å². The van der Waals surface area contributed by atoms with Gasteiger partial charge in [0.15, 0.2) is 6.61 Å². The molecule has 0 spiro atoms. The monoisotopic (exact) mass is 488 g/mol. The summed E-state index contributed by atoms with van der Waals surface area (Å²) in [7, 11) is -3.63. The summed E-state index contributed by atoms with van der Waals surface area (Å²) >= 11 is 6.20. The van der Waals surface area contributed by atoms with Gasteiger partial charge in [-0.25, -0.2) is 8.42 Å². The van der Waals surface area contributed by atoms with E-state index in [0.29, 0.717) is 24.5 Å². The molecule has 174 valence electrons. The number of carbonyl (C=O) groups excluding carboxylic acids is 1. The zero-order chi connectivity index (χ0) is 23.8. The lowest BCUT2D eigenvalue weighted by Gasteiger charge is -2.19. The van der Waals surface area contributed by atoms with Gasteiger partial charge >= 0.3 is 0 Å². The summed E-state index contributed by atoms with van der Waals surface area (Å²) in [6, 6.07) is 20.5. The third-order valence-corrected chi connectivity index (χ3v) is 7.06. The number of anilines is 1. The molecule has 0 aliphatic rings. The van der Waals surface area contributed by atoms with Crippen molar-refractivity contribution in [2.75, 3.05) is 25.0 Å². The molecule has 3 aromatic carbocycles. The van der Waals surface area contributed by atoms with Crippen molar-refractivity contribution < 1.29 is 22.7 Å².